The molecule has 1 fully saturated rings. The molecule has 0 saturated carbocycles. The van der Waals surface area contributed by atoms with Crippen LogP contribution in [0.1, 0.15) is 37.0 Å². The van der Waals surface area contributed by atoms with E-state index in [2.05, 4.69) is 0 Å². The molecule has 0 bridgehead atoms. The summed E-state index contributed by atoms with van der Waals surface area (Å²) >= 11 is 0. The normalized spacial score (nSPS) is 19.4. The Labute approximate surface area is 123 Å². The zero-order valence-corrected chi connectivity index (χ0v) is 12.8. The second-order valence-corrected chi connectivity index (χ2v) is 7.96. The summed E-state index contributed by atoms with van der Waals surface area (Å²) in [5.74, 6) is -2.21. The van der Waals surface area contributed by atoms with E-state index in [0.717, 1.165) is 24.6 Å². The van der Waals surface area contributed by atoms with E-state index in [0.29, 0.717) is 19.5 Å². The molecular formula is C14H18FNO4S. The molecule has 0 unspecified atom stereocenters. The van der Waals surface area contributed by atoms with Gasteiger partial charge in [0.05, 0.1) is 5.56 Å². The number of benzene rings is 1. The number of carboxylic acid groups (broad SMARTS) is 1. The van der Waals surface area contributed by atoms with Crippen molar-refractivity contribution in [3.05, 3.63) is 29.6 Å². The van der Waals surface area contributed by atoms with E-state index in [1.165, 1.54) is 4.31 Å². The maximum absolute atomic E-state index is 13.9. The van der Waals surface area contributed by atoms with Crippen molar-refractivity contribution in [2.75, 3.05) is 13.1 Å². The number of halogens is 1. The van der Waals surface area contributed by atoms with Crippen molar-refractivity contribution in [3.8, 4) is 0 Å². The molecule has 1 heterocycles. The fraction of sp³-hybridized carbons (Fsp3) is 0.500. The largest absolute Gasteiger partial charge is 0.478 e. The van der Waals surface area contributed by atoms with Crippen molar-refractivity contribution in [2.24, 2.45) is 5.41 Å². The average molecular weight is 315 g/mol. The molecule has 0 aliphatic carbocycles. The van der Waals surface area contributed by atoms with Crippen molar-refractivity contribution >= 4 is 16.0 Å². The molecule has 21 heavy (non-hydrogen) atoms. The predicted octanol–water partition coefficient (Wildman–Crippen LogP) is 2.33. The second kappa shape index (κ2) is 5.38. The Morgan fingerprint density at radius 2 is 2.05 bits per heavy atom. The average Bonchev–Trinajstić information content (AvgIpc) is 2.37. The molecule has 1 aromatic carbocycles. The van der Waals surface area contributed by atoms with E-state index in [1.54, 1.807) is 0 Å². The first-order valence-electron chi connectivity index (χ1n) is 6.66. The van der Waals surface area contributed by atoms with Crippen LogP contribution in [0.3, 0.4) is 0 Å². The molecule has 7 heteroatoms. The molecule has 0 spiro atoms. The molecule has 0 amide bonds. The highest BCUT2D eigenvalue weighted by molar-refractivity contribution is 7.89. The van der Waals surface area contributed by atoms with Gasteiger partial charge in [-0.2, -0.15) is 4.31 Å². The van der Waals surface area contributed by atoms with Gasteiger partial charge in [-0.15, -0.1) is 0 Å². The minimum Gasteiger partial charge on any atom is -0.478 e. The molecule has 5 nitrogen and oxygen atoms in total. The molecular weight excluding hydrogens is 297 g/mol. The van der Waals surface area contributed by atoms with Gasteiger partial charge in [0.15, 0.2) is 0 Å². The molecule has 1 aliphatic heterocycles. The summed E-state index contributed by atoms with van der Waals surface area (Å²) in [6.45, 7) is 4.53. The van der Waals surface area contributed by atoms with Gasteiger partial charge in [-0.3, -0.25) is 0 Å². The Bertz CT molecular complexity index is 670. The number of carbonyl (C=O) groups is 1. The van der Waals surface area contributed by atoms with Crippen LogP contribution in [0, 0.1) is 11.2 Å². The van der Waals surface area contributed by atoms with Gasteiger partial charge in [0.25, 0.3) is 0 Å². The molecule has 116 valence electrons. The quantitative estimate of drug-likeness (QED) is 0.929. The van der Waals surface area contributed by atoms with Gasteiger partial charge in [0.1, 0.15) is 10.7 Å². The van der Waals surface area contributed by atoms with Crippen LogP contribution in [-0.2, 0) is 10.0 Å². The lowest BCUT2D eigenvalue weighted by Gasteiger charge is -2.37. The third kappa shape index (κ3) is 3.24. The Balaban J connectivity index is 2.44. The van der Waals surface area contributed by atoms with E-state index >= 15 is 0 Å². The van der Waals surface area contributed by atoms with Crippen LogP contribution in [-0.4, -0.2) is 36.9 Å². The molecule has 0 aromatic heterocycles. The van der Waals surface area contributed by atoms with Crippen LogP contribution in [0.15, 0.2) is 23.1 Å². The van der Waals surface area contributed by atoms with Gasteiger partial charge in [-0.1, -0.05) is 13.8 Å². The topological polar surface area (TPSA) is 74.7 Å². The summed E-state index contributed by atoms with van der Waals surface area (Å²) in [5, 5.41) is 8.93. The van der Waals surface area contributed by atoms with Crippen molar-refractivity contribution in [2.45, 2.75) is 31.6 Å². The molecule has 1 saturated heterocycles. The standard InChI is InChI=1S/C14H18FNO4S/c1-14(2)6-3-7-16(9-14)21(19,20)12-8-10(13(17)18)4-5-11(12)15/h4-5,8H,3,6-7,9H2,1-2H3,(H,17,18). The molecule has 1 aromatic rings. The van der Waals surface area contributed by atoms with E-state index in [4.69, 9.17) is 5.11 Å². The monoisotopic (exact) mass is 315 g/mol. The van der Waals surface area contributed by atoms with E-state index < -0.39 is 26.7 Å². The third-order valence-corrected chi connectivity index (χ3v) is 5.52. The van der Waals surface area contributed by atoms with Crippen LogP contribution in [0.5, 0.6) is 0 Å². The smallest absolute Gasteiger partial charge is 0.335 e. The van der Waals surface area contributed by atoms with Crippen molar-refractivity contribution < 1.29 is 22.7 Å². The van der Waals surface area contributed by atoms with Gasteiger partial charge >= 0.3 is 5.97 Å². The van der Waals surface area contributed by atoms with Crippen molar-refractivity contribution in [1.29, 1.82) is 0 Å². The Morgan fingerprint density at radius 1 is 1.38 bits per heavy atom. The highest BCUT2D eigenvalue weighted by Crippen LogP contribution is 2.32. The summed E-state index contributed by atoms with van der Waals surface area (Å²) in [6, 6.07) is 2.82. The second-order valence-electron chi connectivity index (χ2n) is 6.06. The van der Waals surface area contributed by atoms with Crippen LogP contribution in [0.25, 0.3) is 0 Å². The number of carboxylic acids is 1. The zero-order valence-electron chi connectivity index (χ0n) is 12.0. The van der Waals surface area contributed by atoms with E-state index in [-0.39, 0.29) is 11.0 Å². The lowest BCUT2D eigenvalue weighted by molar-refractivity contribution is 0.0696. The number of hydrogen-bond donors (Lipinski definition) is 1. The van der Waals surface area contributed by atoms with Crippen LogP contribution in [0.2, 0.25) is 0 Å². The van der Waals surface area contributed by atoms with Gasteiger partial charge in [0, 0.05) is 13.1 Å². The van der Waals surface area contributed by atoms with E-state index in [9.17, 15) is 17.6 Å². The first kappa shape index (κ1) is 15.9. The van der Waals surface area contributed by atoms with Gasteiger partial charge in [-0.05, 0) is 36.5 Å². The molecule has 0 radical (unpaired) electrons. The number of aromatic carboxylic acids is 1. The highest BCUT2D eigenvalue weighted by atomic mass is 32.2. The van der Waals surface area contributed by atoms with Crippen LogP contribution >= 0.6 is 0 Å². The van der Waals surface area contributed by atoms with Crippen molar-refractivity contribution in [3.63, 3.8) is 0 Å². The third-order valence-electron chi connectivity index (χ3n) is 3.66. The SMILES string of the molecule is CC1(C)CCCN(S(=O)(=O)c2cc(C(=O)O)ccc2F)C1. The van der Waals surface area contributed by atoms with Gasteiger partial charge < -0.3 is 5.11 Å². The number of sulfonamides is 1. The molecule has 2 rings (SSSR count). The predicted molar refractivity (Wildman–Crippen MR) is 75.1 cm³/mol. The lowest BCUT2D eigenvalue weighted by Crippen LogP contribution is -2.43. The number of nitrogens with zero attached hydrogens (tertiary/aromatic N) is 1. The minimum atomic E-state index is -4.02. The molecule has 1 N–H and O–H groups in total. The first-order chi connectivity index (χ1) is 9.63. The Morgan fingerprint density at radius 3 is 2.62 bits per heavy atom. The summed E-state index contributed by atoms with van der Waals surface area (Å²) < 4.78 is 40.2. The zero-order chi connectivity index (χ0) is 15.8. The van der Waals surface area contributed by atoms with Gasteiger partial charge in [0.2, 0.25) is 10.0 Å². The summed E-state index contributed by atoms with van der Waals surface area (Å²) in [5.41, 5.74) is -0.419. The maximum Gasteiger partial charge on any atom is 0.335 e. The van der Waals surface area contributed by atoms with Gasteiger partial charge in [-0.25, -0.2) is 17.6 Å². The first-order valence-corrected chi connectivity index (χ1v) is 8.10. The molecule has 1 aliphatic rings. The van der Waals surface area contributed by atoms with Crippen LogP contribution < -0.4 is 0 Å². The summed E-state index contributed by atoms with van der Waals surface area (Å²) in [4.78, 5) is 10.4. The number of hydrogen-bond acceptors (Lipinski definition) is 3. The Kier molecular flexibility index (Phi) is 4.08. The van der Waals surface area contributed by atoms with Crippen molar-refractivity contribution in [1.82, 2.24) is 4.31 Å². The molecule has 0 atom stereocenters. The van der Waals surface area contributed by atoms with Crippen LogP contribution in [0.4, 0.5) is 4.39 Å². The minimum absolute atomic E-state index is 0.174. The number of rotatable bonds is 3. The highest BCUT2D eigenvalue weighted by Gasteiger charge is 2.35. The number of piperidine rings is 1. The van der Waals surface area contributed by atoms with E-state index in [1.807, 2.05) is 13.8 Å². The fourth-order valence-electron chi connectivity index (χ4n) is 2.55. The summed E-state index contributed by atoms with van der Waals surface area (Å²) in [7, 11) is -4.02. The fourth-order valence-corrected chi connectivity index (χ4v) is 4.31. The Hall–Kier alpha value is -1.47. The summed E-state index contributed by atoms with van der Waals surface area (Å²) in [6.07, 6.45) is 1.60. The maximum atomic E-state index is 13.9. The lowest BCUT2D eigenvalue weighted by atomic mass is 9.85.